The van der Waals surface area contributed by atoms with Crippen LogP contribution in [0.5, 0.6) is 0 Å². The van der Waals surface area contributed by atoms with E-state index in [1.807, 2.05) is 25.1 Å². The number of hydrogen-bond donors (Lipinski definition) is 2. The van der Waals surface area contributed by atoms with Gasteiger partial charge in [0.15, 0.2) is 0 Å². The van der Waals surface area contributed by atoms with E-state index in [0.29, 0.717) is 11.0 Å². The van der Waals surface area contributed by atoms with Crippen LogP contribution >= 0.6 is 28.3 Å². The molecule has 0 saturated heterocycles. The molecule has 0 spiro atoms. The first-order chi connectivity index (χ1) is 11.0. The maximum atomic E-state index is 12.6. The zero-order valence-electron chi connectivity index (χ0n) is 13.3. The molecule has 0 bridgehead atoms. The molecule has 3 rings (SSSR count). The Morgan fingerprint density at radius 1 is 1.25 bits per heavy atom. The summed E-state index contributed by atoms with van der Waals surface area (Å²) in [7, 11) is -3.55. The number of halogens is 2. The van der Waals surface area contributed by atoms with Crippen LogP contribution in [0.2, 0.25) is 0 Å². The largest absolute Gasteiger partial charge is 0.308 e. The summed E-state index contributed by atoms with van der Waals surface area (Å²) in [6.45, 7) is 3.07. The molecule has 130 valence electrons. The monoisotopic (exact) mass is 430 g/mol. The number of rotatable bonds is 4. The lowest BCUT2D eigenvalue weighted by atomic mass is 9.95. The summed E-state index contributed by atoms with van der Waals surface area (Å²) in [6, 6.07) is 13.5. The summed E-state index contributed by atoms with van der Waals surface area (Å²) in [4.78, 5) is 0.279. The van der Waals surface area contributed by atoms with Crippen molar-refractivity contribution in [3.63, 3.8) is 0 Å². The van der Waals surface area contributed by atoms with E-state index in [0.717, 1.165) is 18.5 Å². The Balaban J connectivity index is 0.00000208. The molecular formula is C17H20BrClN2O2S. The van der Waals surface area contributed by atoms with Crippen LogP contribution in [0.4, 0.5) is 0 Å². The summed E-state index contributed by atoms with van der Waals surface area (Å²) in [5.41, 5.74) is 3.37. The predicted molar refractivity (Wildman–Crippen MR) is 102 cm³/mol. The molecule has 0 aromatic heterocycles. The van der Waals surface area contributed by atoms with Crippen molar-refractivity contribution in [3.05, 3.63) is 63.6 Å². The second kappa shape index (κ2) is 7.97. The average molecular weight is 432 g/mol. The molecule has 0 saturated carbocycles. The molecule has 1 aliphatic rings. The Labute approximate surface area is 157 Å². The molecule has 0 aliphatic carbocycles. The highest BCUT2D eigenvalue weighted by Gasteiger charge is 2.23. The van der Waals surface area contributed by atoms with Crippen LogP contribution < -0.4 is 10.0 Å². The zero-order chi connectivity index (χ0) is 16.4. The summed E-state index contributed by atoms with van der Waals surface area (Å²) in [5.74, 6) is 0. The van der Waals surface area contributed by atoms with Crippen molar-refractivity contribution in [3.8, 4) is 0 Å². The molecule has 0 fully saturated rings. The number of aryl methyl sites for hydroxylation is 1. The Morgan fingerprint density at radius 2 is 2.00 bits per heavy atom. The molecule has 1 aliphatic heterocycles. The van der Waals surface area contributed by atoms with Crippen LogP contribution in [0.1, 0.15) is 22.7 Å². The fraction of sp³-hybridized carbons (Fsp3) is 0.294. The van der Waals surface area contributed by atoms with Gasteiger partial charge >= 0.3 is 0 Å². The first kappa shape index (κ1) is 19.4. The molecular weight excluding hydrogens is 412 g/mol. The maximum Gasteiger partial charge on any atom is 0.241 e. The van der Waals surface area contributed by atoms with Crippen LogP contribution in [0.3, 0.4) is 0 Å². The van der Waals surface area contributed by atoms with Gasteiger partial charge in [-0.15, -0.1) is 12.4 Å². The van der Waals surface area contributed by atoms with Crippen LogP contribution in [0.25, 0.3) is 0 Å². The normalized spacial score (nSPS) is 17.0. The smallest absolute Gasteiger partial charge is 0.241 e. The minimum Gasteiger partial charge on any atom is -0.308 e. The van der Waals surface area contributed by atoms with Crippen LogP contribution in [-0.2, 0) is 16.4 Å². The summed E-state index contributed by atoms with van der Waals surface area (Å²) >= 11 is 3.32. The van der Waals surface area contributed by atoms with Gasteiger partial charge in [-0.3, -0.25) is 0 Å². The Bertz CT molecular complexity index is 827. The van der Waals surface area contributed by atoms with E-state index in [1.165, 1.54) is 11.1 Å². The Kier molecular flexibility index (Phi) is 6.45. The number of sulfonamides is 1. The minimum atomic E-state index is -3.55. The first-order valence-electron chi connectivity index (χ1n) is 7.54. The van der Waals surface area contributed by atoms with Crippen LogP contribution in [0.15, 0.2) is 51.8 Å². The van der Waals surface area contributed by atoms with Crippen molar-refractivity contribution < 1.29 is 8.42 Å². The standard InChI is InChI=1S/C17H19BrN2O2S.ClH/c1-12-6-7-15(18)17(10-12)23(21,22)20-11-16-14-5-3-2-4-13(14)8-9-19-16;/h2-7,10,16,19-20H,8-9,11H2,1H3;1H. The summed E-state index contributed by atoms with van der Waals surface area (Å²) in [5, 5.41) is 3.39. The molecule has 0 radical (unpaired) electrons. The molecule has 24 heavy (non-hydrogen) atoms. The molecule has 1 atom stereocenters. The lowest BCUT2D eigenvalue weighted by molar-refractivity contribution is 0.491. The molecule has 0 amide bonds. The van der Waals surface area contributed by atoms with Gasteiger partial charge in [-0.2, -0.15) is 0 Å². The predicted octanol–water partition coefficient (Wildman–Crippen LogP) is 3.34. The SMILES string of the molecule is Cc1ccc(Br)c(S(=O)(=O)NCC2NCCc3ccccc32)c1.Cl. The van der Waals surface area contributed by atoms with E-state index in [2.05, 4.69) is 38.1 Å². The number of hydrogen-bond acceptors (Lipinski definition) is 3. The van der Waals surface area contributed by atoms with E-state index >= 15 is 0 Å². The summed E-state index contributed by atoms with van der Waals surface area (Å²) < 4.78 is 28.5. The lowest BCUT2D eigenvalue weighted by Crippen LogP contribution is -2.38. The molecule has 2 aromatic carbocycles. The van der Waals surface area contributed by atoms with Gasteiger partial charge in [0.1, 0.15) is 0 Å². The topological polar surface area (TPSA) is 58.2 Å². The van der Waals surface area contributed by atoms with Gasteiger partial charge in [0, 0.05) is 17.1 Å². The summed E-state index contributed by atoms with van der Waals surface area (Å²) in [6.07, 6.45) is 0.975. The van der Waals surface area contributed by atoms with Gasteiger partial charge in [-0.05, 0) is 64.6 Å². The van der Waals surface area contributed by atoms with Gasteiger partial charge in [-0.1, -0.05) is 30.3 Å². The van der Waals surface area contributed by atoms with Crippen molar-refractivity contribution in [1.82, 2.24) is 10.0 Å². The number of benzene rings is 2. The molecule has 2 N–H and O–H groups in total. The quantitative estimate of drug-likeness (QED) is 0.780. The molecule has 4 nitrogen and oxygen atoms in total. The third-order valence-corrected chi connectivity index (χ3v) is 6.49. The van der Waals surface area contributed by atoms with Crippen molar-refractivity contribution >= 4 is 38.4 Å². The van der Waals surface area contributed by atoms with E-state index < -0.39 is 10.0 Å². The van der Waals surface area contributed by atoms with E-state index in [-0.39, 0.29) is 23.3 Å². The average Bonchev–Trinajstić information content (AvgIpc) is 2.55. The lowest BCUT2D eigenvalue weighted by Gasteiger charge is -2.27. The van der Waals surface area contributed by atoms with Gasteiger partial charge in [0.2, 0.25) is 10.0 Å². The molecule has 1 heterocycles. The van der Waals surface area contributed by atoms with E-state index in [9.17, 15) is 8.42 Å². The highest BCUT2D eigenvalue weighted by molar-refractivity contribution is 9.10. The van der Waals surface area contributed by atoms with Crippen molar-refractivity contribution in [1.29, 1.82) is 0 Å². The third-order valence-electron chi connectivity index (χ3n) is 4.07. The number of nitrogens with one attached hydrogen (secondary N) is 2. The number of fused-ring (bicyclic) bond motifs is 1. The molecule has 1 unspecified atom stereocenters. The van der Waals surface area contributed by atoms with Crippen molar-refractivity contribution in [2.24, 2.45) is 0 Å². The van der Waals surface area contributed by atoms with Crippen molar-refractivity contribution in [2.45, 2.75) is 24.3 Å². The zero-order valence-corrected chi connectivity index (χ0v) is 16.5. The van der Waals surface area contributed by atoms with Gasteiger partial charge in [0.05, 0.1) is 4.90 Å². The van der Waals surface area contributed by atoms with Crippen LogP contribution in [0, 0.1) is 6.92 Å². The van der Waals surface area contributed by atoms with E-state index in [4.69, 9.17) is 0 Å². The second-order valence-electron chi connectivity index (χ2n) is 5.74. The van der Waals surface area contributed by atoms with Gasteiger partial charge in [-0.25, -0.2) is 13.1 Å². The first-order valence-corrected chi connectivity index (χ1v) is 9.82. The second-order valence-corrected chi connectivity index (χ2v) is 8.33. The maximum absolute atomic E-state index is 12.6. The Morgan fingerprint density at radius 3 is 2.79 bits per heavy atom. The fourth-order valence-corrected chi connectivity index (χ4v) is 4.96. The highest BCUT2D eigenvalue weighted by Crippen LogP contribution is 2.25. The van der Waals surface area contributed by atoms with Crippen LogP contribution in [-0.4, -0.2) is 21.5 Å². The van der Waals surface area contributed by atoms with Crippen molar-refractivity contribution in [2.75, 3.05) is 13.1 Å². The highest BCUT2D eigenvalue weighted by atomic mass is 79.9. The molecule has 7 heteroatoms. The fourth-order valence-electron chi connectivity index (χ4n) is 2.86. The minimum absolute atomic E-state index is 0. The third kappa shape index (κ3) is 4.18. The molecule has 2 aromatic rings. The van der Waals surface area contributed by atoms with Gasteiger partial charge in [0.25, 0.3) is 0 Å². The Hall–Kier alpha value is -0.920. The van der Waals surface area contributed by atoms with Gasteiger partial charge < -0.3 is 5.32 Å². The van der Waals surface area contributed by atoms with E-state index in [1.54, 1.807) is 12.1 Å².